The minimum absolute atomic E-state index is 0.250. The molecule has 0 aromatic heterocycles. The Morgan fingerprint density at radius 1 is 1.71 bits per heavy atom. The van der Waals surface area contributed by atoms with Crippen molar-refractivity contribution in [3.05, 3.63) is 0 Å². The molecule has 0 bridgehead atoms. The van der Waals surface area contributed by atoms with E-state index in [0.717, 1.165) is 0 Å². The van der Waals surface area contributed by atoms with Crippen LogP contribution >= 0.6 is 0 Å². The van der Waals surface area contributed by atoms with Gasteiger partial charge in [-0.15, -0.1) is 0 Å². The second kappa shape index (κ2) is 8.97. The number of hydrogen-bond acceptors (Lipinski definition) is 2. The molecule has 0 radical (unpaired) electrons. The summed E-state index contributed by atoms with van der Waals surface area (Å²) in [7, 11) is 0. The molecule has 0 atom stereocenters. The predicted molar refractivity (Wildman–Crippen MR) is 28.9 cm³/mol. The summed E-state index contributed by atoms with van der Waals surface area (Å²) in [6, 6.07) is 0. The standard InChI is InChI=1S/C2H6O.CH5N3/c1-2-3;2-1(3)4/h3H,2H2,1H3;(H5,2,3,4). The van der Waals surface area contributed by atoms with Gasteiger partial charge in [0, 0.05) is 6.61 Å². The average molecular weight is 105 g/mol. The largest absolute Gasteiger partial charge is 0.397 e. The number of guanidine groups is 1. The van der Waals surface area contributed by atoms with Crippen LogP contribution in [0, 0.1) is 5.41 Å². The van der Waals surface area contributed by atoms with Gasteiger partial charge in [0.05, 0.1) is 0 Å². The number of nitrogens with one attached hydrogen (secondary N) is 1. The van der Waals surface area contributed by atoms with E-state index in [1.807, 2.05) is 0 Å². The van der Waals surface area contributed by atoms with E-state index in [1.165, 1.54) is 0 Å². The Morgan fingerprint density at radius 3 is 1.71 bits per heavy atom. The molecule has 0 fully saturated rings. The van der Waals surface area contributed by atoms with E-state index in [0.29, 0.717) is 0 Å². The Bertz CT molecular complexity index is 41.4. The number of nitrogens with two attached hydrogens (primary N) is 2. The molecule has 0 heterocycles. The zero-order chi connectivity index (χ0) is 6.28. The molecule has 4 nitrogen and oxygen atoms in total. The lowest BCUT2D eigenvalue weighted by molar-refractivity contribution is 0.318. The third-order valence-electron chi connectivity index (χ3n) is 0. The molecule has 0 unspecified atom stereocenters. The van der Waals surface area contributed by atoms with Crippen LogP contribution in [0.1, 0.15) is 6.92 Å². The number of aliphatic hydroxyl groups excluding tert-OH is 1. The van der Waals surface area contributed by atoms with Crippen LogP contribution in [0.4, 0.5) is 0 Å². The third kappa shape index (κ3) is 92.0. The van der Waals surface area contributed by atoms with Crippen molar-refractivity contribution < 1.29 is 5.11 Å². The third-order valence-corrected chi connectivity index (χ3v) is 0. The lowest BCUT2D eigenvalue weighted by atomic mass is 10.9. The molecule has 44 valence electrons. The maximum atomic E-state index is 7.57. The van der Waals surface area contributed by atoms with Crippen molar-refractivity contribution >= 4 is 5.96 Å². The maximum absolute atomic E-state index is 7.57. The molecule has 0 aromatic rings. The second-order valence-corrected chi connectivity index (χ2v) is 0.772. The van der Waals surface area contributed by atoms with Crippen molar-refractivity contribution in [1.82, 2.24) is 0 Å². The zero-order valence-electron chi connectivity index (χ0n) is 4.31. The van der Waals surface area contributed by atoms with Gasteiger partial charge in [-0.1, -0.05) is 0 Å². The van der Waals surface area contributed by atoms with Crippen LogP contribution in [-0.2, 0) is 0 Å². The van der Waals surface area contributed by atoms with Gasteiger partial charge in [-0.25, -0.2) is 0 Å². The molecular weight excluding hydrogens is 94.1 g/mol. The minimum atomic E-state index is -0.333. The van der Waals surface area contributed by atoms with Gasteiger partial charge >= 0.3 is 0 Å². The Morgan fingerprint density at radius 2 is 1.71 bits per heavy atom. The Labute approximate surface area is 42.6 Å². The molecule has 4 heteroatoms. The Balaban J connectivity index is 0. The summed E-state index contributed by atoms with van der Waals surface area (Å²) in [5, 5.41) is 13.6. The van der Waals surface area contributed by atoms with Crippen LogP contribution in [0.5, 0.6) is 0 Å². The molecule has 0 saturated carbocycles. The first-order valence-electron chi connectivity index (χ1n) is 1.85. The van der Waals surface area contributed by atoms with Gasteiger partial charge in [0.2, 0.25) is 0 Å². The fourth-order valence-electron chi connectivity index (χ4n) is 0. The highest BCUT2D eigenvalue weighted by Crippen LogP contribution is 1.30. The van der Waals surface area contributed by atoms with Crippen LogP contribution in [0.3, 0.4) is 0 Å². The summed E-state index contributed by atoms with van der Waals surface area (Å²) in [4.78, 5) is 0. The Hall–Kier alpha value is -0.770. The molecule has 0 saturated heterocycles. The summed E-state index contributed by atoms with van der Waals surface area (Å²) in [5.74, 6) is -0.333. The average Bonchev–Trinajstić information content (AvgIpc) is 1.33. The second-order valence-electron chi connectivity index (χ2n) is 0.772. The molecule has 7 heavy (non-hydrogen) atoms. The van der Waals surface area contributed by atoms with E-state index in [9.17, 15) is 0 Å². The predicted octanol–water partition coefficient (Wildman–Crippen LogP) is -1.16. The summed E-state index contributed by atoms with van der Waals surface area (Å²) >= 11 is 0. The fourth-order valence-corrected chi connectivity index (χ4v) is 0. The molecule has 0 amide bonds. The molecule has 0 rings (SSSR count). The van der Waals surface area contributed by atoms with E-state index < -0.39 is 0 Å². The summed E-state index contributed by atoms with van der Waals surface area (Å²) in [6.45, 7) is 1.93. The topological polar surface area (TPSA) is 96.1 Å². The van der Waals surface area contributed by atoms with Crippen LogP contribution < -0.4 is 11.5 Å². The van der Waals surface area contributed by atoms with Crippen molar-refractivity contribution in [2.45, 2.75) is 6.92 Å². The van der Waals surface area contributed by atoms with Crippen molar-refractivity contribution in [3.8, 4) is 0 Å². The molecule has 0 aliphatic heterocycles. The van der Waals surface area contributed by atoms with Crippen LogP contribution in [0.25, 0.3) is 0 Å². The molecular formula is C3H11N3O. The highest BCUT2D eigenvalue weighted by atomic mass is 16.2. The van der Waals surface area contributed by atoms with Crippen molar-refractivity contribution in [2.75, 3.05) is 6.61 Å². The highest BCUT2D eigenvalue weighted by Gasteiger charge is 1.52. The van der Waals surface area contributed by atoms with Crippen LogP contribution in [-0.4, -0.2) is 17.7 Å². The maximum Gasteiger partial charge on any atom is 0.183 e. The summed E-state index contributed by atoms with van der Waals surface area (Å²) in [6.07, 6.45) is 0. The van der Waals surface area contributed by atoms with E-state index in [1.54, 1.807) is 6.92 Å². The van der Waals surface area contributed by atoms with Gasteiger partial charge in [0.25, 0.3) is 0 Å². The van der Waals surface area contributed by atoms with Gasteiger partial charge < -0.3 is 16.6 Å². The van der Waals surface area contributed by atoms with Gasteiger partial charge in [-0.3, -0.25) is 5.41 Å². The van der Waals surface area contributed by atoms with Crippen molar-refractivity contribution in [2.24, 2.45) is 11.5 Å². The quantitative estimate of drug-likeness (QED) is 0.231. The first-order chi connectivity index (χ1) is 3.15. The number of aliphatic hydroxyl groups is 1. The molecule has 6 N–H and O–H groups in total. The van der Waals surface area contributed by atoms with E-state index in [4.69, 9.17) is 10.5 Å². The van der Waals surface area contributed by atoms with Crippen molar-refractivity contribution in [3.63, 3.8) is 0 Å². The molecule has 0 aliphatic carbocycles. The lowest BCUT2D eigenvalue weighted by Crippen LogP contribution is -2.20. The first-order valence-corrected chi connectivity index (χ1v) is 1.85. The fraction of sp³-hybridized carbons (Fsp3) is 0.667. The summed E-state index contributed by atoms with van der Waals surface area (Å²) in [5.41, 5.74) is 8.94. The van der Waals surface area contributed by atoms with Crippen molar-refractivity contribution in [1.29, 1.82) is 5.41 Å². The SMILES string of the molecule is CCO.N=C(N)N. The van der Waals surface area contributed by atoms with Gasteiger partial charge in [0.15, 0.2) is 5.96 Å². The van der Waals surface area contributed by atoms with Gasteiger partial charge in [-0.2, -0.15) is 0 Å². The van der Waals surface area contributed by atoms with Gasteiger partial charge in [0.1, 0.15) is 0 Å². The zero-order valence-corrected chi connectivity index (χ0v) is 4.31. The monoisotopic (exact) mass is 105 g/mol. The highest BCUT2D eigenvalue weighted by molar-refractivity contribution is 5.71. The van der Waals surface area contributed by atoms with E-state index in [-0.39, 0.29) is 12.6 Å². The molecule has 0 aromatic carbocycles. The normalized spacial score (nSPS) is 6.00. The summed E-state index contributed by atoms with van der Waals surface area (Å²) < 4.78 is 0. The van der Waals surface area contributed by atoms with Crippen LogP contribution in [0.2, 0.25) is 0 Å². The van der Waals surface area contributed by atoms with E-state index in [2.05, 4.69) is 11.5 Å². The smallest absolute Gasteiger partial charge is 0.183 e. The molecule has 0 spiro atoms. The van der Waals surface area contributed by atoms with Gasteiger partial charge in [-0.05, 0) is 6.92 Å². The minimum Gasteiger partial charge on any atom is -0.397 e. The number of hydrogen-bond donors (Lipinski definition) is 4. The van der Waals surface area contributed by atoms with Crippen LogP contribution in [0.15, 0.2) is 0 Å². The first kappa shape index (κ1) is 9.52. The number of rotatable bonds is 0. The Kier molecular flexibility index (Phi) is 12.2. The lowest BCUT2D eigenvalue weighted by Gasteiger charge is -1.69. The van der Waals surface area contributed by atoms with E-state index >= 15 is 0 Å². The molecule has 0 aliphatic rings.